The van der Waals surface area contributed by atoms with Crippen molar-refractivity contribution in [2.75, 3.05) is 25.1 Å². The molecule has 1 N–H and O–H groups in total. The molecule has 0 amide bonds. The number of nitrogens with zero attached hydrogens (tertiary/aromatic N) is 1. The highest BCUT2D eigenvalue weighted by atomic mass is 32.2. The van der Waals surface area contributed by atoms with Gasteiger partial charge in [-0.15, -0.1) is 11.3 Å². The van der Waals surface area contributed by atoms with Gasteiger partial charge in [0.25, 0.3) is 10.0 Å². The zero-order chi connectivity index (χ0) is 15.8. The van der Waals surface area contributed by atoms with Gasteiger partial charge in [0.1, 0.15) is 4.21 Å². The lowest BCUT2D eigenvalue weighted by Gasteiger charge is -2.31. The fourth-order valence-electron chi connectivity index (χ4n) is 2.41. The Hall–Kier alpha value is -0.480. The van der Waals surface area contributed by atoms with Crippen molar-refractivity contribution in [3.8, 4) is 0 Å². The van der Waals surface area contributed by atoms with Gasteiger partial charge in [0, 0.05) is 24.0 Å². The minimum Gasteiger partial charge on any atom is -0.315 e. The quantitative estimate of drug-likeness (QED) is 0.857. The lowest BCUT2D eigenvalue weighted by atomic mass is 10.3. The summed E-state index contributed by atoms with van der Waals surface area (Å²) in [4.78, 5) is 0.980. The predicted molar refractivity (Wildman–Crippen MR) is 83.8 cm³/mol. The van der Waals surface area contributed by atoms with E-state index < -0.39 is 25.9 Å². The summed E-state index contributed by atoms with van der Waals surface area (Å²) in [6.45, 7) is 4.18. The molecule has 0 saturated carbocycles. The van der Waals surface area contributed by atoms with Crippen LogP contribution >= 0.6 is 11.3 Å². The molecule has 1 aliphatic heterocycles. The number of hydrogen-bond donors (Lipinski definition) is 1. The van der Waals surface area contributed by atoms with Crippen LogP contribution in [0.25, 0.3) is 0 Å². The molecule has 1 fully saturated rings. The molecule has 120 valence electrons. The summed E-state index contributed by atoms with van der Waals surface area (Å²) in [5, 5.41) is 3.01. The molecule has 2 rings (SSSR count). The fraction of sp³-hybridized carbons (Fsp3) is 0.667. The highest BCUT2D eigenvalue weighted by Gasteiger charge is 2.37. The molecule has 1 atom stereocenters. The molecule has 1 aromatic rings. The van der Waals surface area contributed by atoms with E-state index in [1.807, 2.05) is 14.0 Å². The summed E-state index contributed by atoms with van der Waals surface area (Å²) in [7, 11) is -4.94. The molecule has 1 aliphatic rings. The first-order chi connectivity index (χ1) is 9.67. The van der Waals surface area contributed by atoms with Crippen LogP contribution in [0.3, 0.4) is 0 Å². The van der Waals surface area contributed by atoms with Gasteiger partial charge in [-0.05, 0) is 32.5 Å². The Labute approximate surface area is 130 Å². The molecule has 1 saturated heterocycles. The van der Waals surface area contributed by atoms with Crippen molar-refractivity contribution in [3.05, 3.63) is 16.5 Å². The maximum Gasteiger partial charge on any atom is 0.252 e. The van der Waals surface area contributed by atoms with Crippen molar-refractivity contribution in [2.45, 2.75) is 30.6 Å². The van der Waals surface area contributed by atoms with Gasteiger partial charge in [-0.3, -0.25) is 0 Å². The van der Waals surface area contributed by atoms with Crippen LogP contribution in [0.4, 0.5) is 0 Å². The van der Waals surface area contributed by atoms with Crippen LogP contribution in [-0.2, 0) is 26.4 Å². The molecule has 21 heavy (non-hydrogen) atoms. The molecule has 9 heteroatoms. The summed E-state index contributed by atoms with van der Waals surface area (Å²) in [6, 6.07) is 1.14. The van der Waals surface area contributed by atoms with Gasteiger partial charge in [0.2, 0.25) is 0 Å². The SMILES string of the molecule is CNCc1sc(S(=O)(=O)N2CCS(=O)(=O)CC2C)cc1C. The number of thiophene rings is 1. The van der Waals surface area contributed by atoms with Crippen molar-refractivity contribution >= 4 is 31.2 Å². The summed E-state index contributed by atoms with van der Waals surface area (Å²) < 4.78 is 50.2. The third kappa shape index (κ3) is 3.48. The lowest BCUT2D eigenvalue weighted by Crippen LogP contribution is -2.49. The Kier molecular flexibility index (Phi) is 4.79. The van der Waals surface area contributed by atoms with Crippen LogP contribution in [0, 0.1) is 6.92 Å². The predicted octanol–water partition coefficient (Wildman–Crippen LogP) is 0.584. The molecule has 0 spiro atoms. The van der Waals surface area contributed by atoms with E-state index in [9.17, 15) is 16.8 Å². The molecule has 0 aromatic carbocycles. The zero-order valence-electron chi connectivity index (χ0n) is 12.3. The number of rotatable bonds is 4. The van der Waals surface area contributed by atoms with Gasteiger partial charge >= 0.3 is 0 Å². The second-order valence-corrected chi connectivity index (χ2v) is 10.8. The maximum absolute atomic E-state index is 12.7. The van der Waals surface area contributed by atoms with Crippen LogP contribution in [0.1, 0.15) is 17.4 Å². The molecular weight excluding hydrogens is 332 g/mol. The van der Waals surface area contributed by atoms with E-state index in [-0.39, 0.29) is 22.3 Å². The van der Waals surface area contributed by atoms with Gasteiger partial charge in [0.05, 0.1) is 11.5 Å². The number of sulfone groups is 1. The summed E-state index contributed by atoms with van der Waals surface area (Å²) in [5.74, 6) is -0.218. The highest BCUT2D eigenvalue weighted by Crippen LogP contribution is 2.30. The smallest absolute Gasteiger partial charge is 0.252 e. The van der Waals surface area contributed by atoms with Gasteiger partial charge in [0.15, 0.2) is 9.84 Å². The first kappa shape index (κ1) is 16.9. The molecule has 1 aromatic heterocycles. The van der Waals surface area contributed by atoms with Crippen LogP contribution in [0.2, 0.25) is 0 Å². The number of aryl methyl sites for hydroxylation is 1. The maximum atomic E-state index is 12.7. The highest BCUT2D eigenvalue weighted by molar-refractivity contribution is 7.92. The van der Waals surface area contributed by atoms with E-state index in [4.69, 9.17) is 0 Å². The topological polar surface area (TPSA) is 83.6 Å². The zero-order valence-corrected chi connectivity index (χ0v) is 14.7. The van der Waals surface area contributed by atoms with Gasteiger partial charge < -0.3 is 5.32 Å². The standard InChI is InChI=1S/C12H20N2O4S3/c1-9-6-12(19-11(9)7-13-3)21(17,18)14-4-5-20(15,16)8-10(14)2/h6,10,13H,4-5,7-8H2,1-3H3. The van der Waals surface area contributed by atoms with Crippen LogP contribution in [-0.4, -0.2) is 52.3 Å². The molecule has 2 heterocycles. The Bertz CT molecular complexity index is 722. The molecule has 1 unspecified atom stereocenters. The average molecular weight is 353 g/mol. The average Bonchev–Trinajstić information content (AvgIpc) is 2.70. The Morgan fingerprint density at radius 2 is 2.14 bits per heavy atom. The summed E-state index contributed by atoms with van der Waals surface area (Å²) in [6.07, 6.45) is 0. The molecule has 0 radical (unpaired) electrons. The minimum atomic E-state index is -3.62. The van der Waals surface area contributed by atoms with E-state index in [0.29, 0.717) is 6.54 Å². The number of hydrogen-bond acceptors (Lipinski definition) is 6. The molecule has 6 nitrogen and oxygen atoms in total. The van der Waals surface area contributed by atoms with Gasteiger partial charge in [-0.1, -0.05) is 0 Å². The van der Waals surface area contributed by atoms with E-state index in [1.165, 1.54) is 15.6 Å². The number of nitrogens with one attached hydrogen (secondary N) is 1. The van der Waals surface area contributed by atoms with Crippen molar-refractivity contribution in [1.29, 1.82) is 0 Å². The van der Waals surface area contributed by atoms with Crippen molar-refractivity contribution in [1.82, 2.24) is 9.62 Å². The van der Waals surface area contributed by atoms with E-state index >= 15 is 0 Å². The fourth-order valence-corrected chi connectivity index (χ4v) is 7.54. The van der Waals surface area contributed by atoms with E-state index in [0.717, 1.165) is 10.4 Å². The van der Waals surface area contributed by atoms with Crippen LogP contribution in [0.5, 0.6) is 0 Å². The first-order valence-corrected chi connectivity index (χ1v) is 10.7. The monoisotopic (exact) mass is 352 g/mol. The Morgan fingerprint density at radius 3 is 2.71 bits per heavy atom. The van der Waals surface area contributed by atoms with E-state index in [1.54, 1.807) is 13.0 Å². The van der Waals surface area contributed by atoms with Crippen molar-refractivity contribution < 1.29 is 16.8 Å². The molecule has 0 aliphatic carbocycles. The molecule has 0 bridgehead atoms. The van der Waals surface area contributed by atoms with Crippen molar-refractivity contribution in [2.24, 2.45) is 0 Å². The summed E-state index contributed by atoms with van der Waals surface area (Å²) >= 11 is 1.25. The van der Waals surface area contributed by atoms with Gasteiger partial charge in [-0.25, -0.2) is 16.8 Å². The largest absolute Gasteiger partial charge is 0.315 e. The van der Waals surface area contributed by atoms with E-state index in [2.05, 4.69) is 5.32 Å². The number of sulfonamides is 1. The second-order valence-electron chi connectivity index (χ2n) is 5.28. The third-order valence-corrected chi connectivity index (χ3v) is 9.00. The molecular formula is C12H20N2O4S3. The third-order valence-electron chi connectivity index (χ3n) is 3.51. The van der Waals surface area contributed by atoms with Crippen LogP contribution < -0.4 is 5.32 Å². The first-order valence-electron chi connectivity index (χ1n) is 6.63. The van der Waals surface area contributed by atoms with Crippen LogP contribution in [0.15, 0.2) is 10.3 Å². The van der Waals surface area contributed by atoms with Crippen molar-refractivity contribution in [3.63, 3.8) is 0 Å². The van der Waals surface area contributed by atoms with Gasteiger partial charge in [-0.2, -0.15) is 4.31 Å². The Morgan fingerprint density at radius 1 is 1.48 bits per heavy atom. The normalized spacial score (nSPS) is 23.3. The lowest BCUT2D eigenvalue weighted by molar-refractivity contribution is 0.357. The Balaban J connectivity index is 2.32. The minimum absolute atomic E-state index is 0.0319. The second kappa shape index (κ2) is 5.96. The summed E-state index contributed by atoms with van der Waals surface area (Å²) in [5.41, 5.74) is 0.935.